The summed E-state index contributed by atoms with van der Waals surface area (Å²) in [5.41, 5.74) is 0.389. The molecular weight excluding hydrogens is 332 g/mol. The Bertz CT molecular complexity index is 762. The lowest BCUT2D eigenvalue weighted by molar-refractivity contribution is -0.384. The van der Waals surface area contributed by atoms with Crippen LogP contribution in [0.25, 0.3) is 0 Å². The fraction of sp³-hybridized carbons (Fsp3) is 0.200. The van der Waals surface area contributed by atoms with Crippen LogP contribution >= 0.6 is 0 Å². The number of allylic oxidation sites excluding steroid dienone is 1. The fourth-order valence-corrected chi connectivity index (χ4v) is 2.15. The number of carbonyl (C=O) groups excluding carboxylic acids is 4. The zero-order valence-corrected chi connectivity index (χ0v) is 13.3. The number of urea groups is 1. The maximum Gasteiger partial charge on any atom is 0.332 e. The van der Waals surface area contributed by atoms with Gasteiger partial charge < -0.3 is 5.32 Å². The predicted molar refractivity (Wildman–Crippen MR) is 85.3 cm³/mol. The molecule has 0 bridgehead atoms. The molecule has 1 aromatic carbocycles. The minimum atomic E-state index is -1.61. The van der Waals surface area contributed by atoms with Crippen LogP contribution < -0.4 is 5.32 Å². The van der Waals surface area contributed by atoms with Crippen LogP contribution in [-0.4, -0.2) is 52.4 Å². The van der Waals surface area contributed by atoms with E-state index >= 15 is 0 Å². The van der Waals surface area contributed by atoms with Crippen LogP contribution in [0.3, 0.4) is 0 Å². The highest BCUT2D eigenvalue weighted by Gasteiger charge is 2.45. The third-order valence-corrected chi connectivity index (χ3v) is 3.59. The number of barbiturate groups is 1. The second kappa shape index (κ2) is 6.91. The number of hydrogen-bond donors (Lipinski definition) is 1. The van der Waals surface area contributed by atoms with Gasteiger partial charge in [0.25, 0.3) is 17.5 Å². The van der Waals surface area contributed by atoms with Gasteiger partial charge in [-0.15, -0.1) is 0 Å². The van der Waals surface area contributed by atoms with Gasteiger partial charge in [0, 0.05) is 38.1 Å². The molecule has 1 aliphatic heterocycles. The molecule has 4 amide bonds. The first-order valence-corrected chi connectivity index (χ1v) is 7.04. The lowest BCUT2D eigenvalue weighted by atomic mass is 9.99. The Balaban J connectivity index is 2.06. The molecule has 1 aliphatic rings. The van der Waals surface area contributed by atoms with Crippen LogP contribution in [0.4, 0.5) is 16.2 Å². The Morgan fingerprint density at radius 1 is 1.12 bits per heavy atom. The molecule has 1 saturated heterocycles. The summed E-state index contributed by atoms with van der Waals surface area (Å²) in [6.07, 6.45) is 2.21. The van der Waals surface area contributed by atoms with Crippen LogP contribution in [0.15, 0.2) is 36.5 Å². The molecule has 1 fully saturated rings. The number of nitrogens with one attached hydrogen (secondary N) is 1. The quantitative estimate of drug-likeness (QED) is 0.360. The molecule has 0 atom stereocenters. The second-order valence-corrected chi connectivity index (χ2v) is 5.19. The minimum Gasteiger partial charge on any atom is -0.362 e. The number of non-ortho nitro benzene ring substituents is 1. The van der Waals surface area contributed by atoms with Gasteiger partial charge in [0.15, 0.2) is 11.7 Å². The van der Waals surface area contributed by atoms with E-state index in [1.54, 1.807) is 0 Å². The third kappa shape index (κ3) is 3.52. The van der Waals surface area contributed by atoms with Gasteiger partial charge in [-0.3, -0.25) is 34.3 Å². The molecule has 0 saturated carbocycles. The topological polar surface area (TPSA) is 130 Å². The number of hydrogen-bond acceptors (Lipinski definition) is 7. The van der Waals surface area contributed by atoms with Crippen molar-refractivity contribution in [1.82, 2.24) is 9.80 Å². The summed E-state index contributed by atoms with van der Waals surface area (Å²) in [5, 5.41) is 13.3. The summed E-state index contributed by atoms with van der Waals surface area (Å²) in [6, 6.07) is 4.63. The molecule has 0 spiro atoms. The van der Waals surface area contributed by atoms with Gasteiger partial charge in [-0.1, -0.05) is 0 Å². The number of amides is 4. The summed E-state index contributed by atoms with van der Waals surface area (Å²) < 4.78 is 0. The number of rotatable bonds is 5. The van der Waals surface area contributed by atoms with E-state index in [1.807, 2.05) is 0 Å². The number of nitrogens with zero attached hydrogens (tertiary/aromatic N) is 3. The standard InChI is InChI=1S/C15H14N4O6/c1-17-13(21)12(14(22)18(2)15(17)23)11(20)7-8-16-9-3-5-10(6-4-9)19(24)25/h3-8,12,16H,1-2H3/b8-7+. The van der Waals surface area contributed by atoms with Crippen LogP contribution in [0, 0.1) is 16.0 Å². The van der Waals surface area contributed by atoms with Crippen molar-refractivity contribution < 1.29 is 24.1 Å². The summed E-state index contributed by atoms with van der Waals surface area (Å²) in [7, 11) is 2.37. The first-order valence-electron chi connectivity index (χ1n) is 7.04. The van der Waals surface area contributed by atoms with Crippen molar-refractivity contribution in [3.05, 3.63) is 46.7 Å². The van der Waals surface area contributed by atoms with Gasteiger partial charge in [-0.2, -0.15) is 0 Å². The summed E-state index contributed by atoms with van der Waals surface area (Å²) in [6.45, 7) is 0. The zero-order chi connectivity index (χ0) is 18.7. The van der Waals surface area contributed by atoms with Crippen molar-refractivity contribution in [2.24, 2.45) is 5.92 Å². The van der Waals surface area contributed by atoms with Crippen LogP contribution in [0.5, 0.6) is 0 Å². The smallest absolute Gasteiger partial charge is 0.332 e. The van der Waals surface area contributed by atoms with E-state index in [-0.39, 0.29) is 5.69 Å². The van der Waals surface area contributed by atoms with Crippen molar-refractivity contribution in [3.63, 3.8) is 0 Å². The minimum absolute atomic E-state index is 0.0836. The molecular formula is C15H14N4O6. The highest BCUT2D eigenvalue weighted by atomic mass is 16.6. The lowest BCUT2D eigenvalue weighted by Crippen LogP contribution is -2.58. The first-order chi connectivity index (χ1) is 11.7. The molecule has 1 aromatic rings. The van der Waals surface area contributed by atoms with Crippen molar-refractivity contribution >= 4 is 35.0 Å². The van der Waals surface area contributed by atoms with Crippen molar-refractivity contribution in [2.45, 2.75) is 0 Å². The van der Waals surface area contributed by atoms with E-state index in [0.717, 1.165) is 6.08 Å². The highest BCUT2D eigenvalue weighted by molar-refractivity contribution is 6.28. The van der Waals surface area contributed by atoms with Crippen molar-refractivity contribution in [1.29, 1.82) is 0 Å². The molecule has 130 valence electrons. The number of anilines is 1. The summed E-state index contributed by atoms with van der Waals surface area (Å²) in [5.74, 6) is -4.17. The monoisotopic (exact) mass is 346 g/mol. The molecule has 0 aliphatic carbocycles. The van der Waals surface area contributed by atoms with Gasteiger partial charge in [0.1, 0.15) is 0 Å². The third-order valence-electron chi connectivity index (χ3n) is 3.59. The Kier molecular flexibility index (Phi) is 4.92. The lowest BCUT2D eigenvalue weighted by Gasteiger charge is -2.31. The van der Waals surface area contributed by atoms with Gasteiger partial charge >= 0.3 is 6.03 Å². The van der Waals surface area contributed by atoms with E-state index in [4.69, 9.17) is 0 Å². The second-order valence-electron chi connectivity index (χ2n) is 5.19. The van der Waals surface area contributed by atoms with Crippen LogP contribution in [0.1, 0.15) is 0 Å². The van der Waals surface area contributed by atoms with E-state index in [0.29, 0.717) is 15.5 Å². The summed E-state index contributed by atoms with van der Waals surface area (Å²) in [4.78, 5) is 59.1. The largest absolute Gasteiger partial charge is 0.362 e. The zero-order valence-electron chi connectivity index (χ0n) is 13.3. The van der Waals surface area contributed by atoms with Gasteiger partial charge in [0.05, 0.1) is 4.92 Å². The van der Waals surface area contributed by atoms with E-state index in [9.17, 15) is 29.3 Å². The number of nitro benzene ring substituents is 1. The number of ketones is 1. The van der Waals surface area contributed by atoms with Crippen molar-refractivity contribution in [2.75, 3.05) is 19.4 Å². The van der Waals surface area contributed by atoms with Gasteiger partial charge in [0.2, 0.25) is 0 Å². The number of nitro groups is 1. The molecule has 1 heterocycles. The predicted octanol–water partition coefficient (Wildman–Crippen LogP) is 0.756. The van der Waals surface area contributed by atoms with E-state index in [2.05, 4.69) is 5.32 Å². The van der Waals surface area contributed by atoms with Crippen LogP contribution in [0.2, 0.25) is 0 Å². The number of benzene rings is 1. The maximum absolute atomic E-state index is 12.1. The Hall–Kier alpha value is -3.56. The molecule has 0 aromatic heterocycles. The maximum atomic E-state index is 12.1. The Morgan fingerprint density at radius 2 is 1.64 bits per heavy atom. The molecule has 10 nitrogen and oxygen atoms in total. The average molecular weight is 346 g/mol. The summed E-state index contributed by atoms with van der Waals surface area (Å²) >= 11 is 0. The van der Waals surface area contributed by atoms with E-state index < -0.39 is 34.5 Å². The number of carbonyl (C=O) groups is 4. The van der Waals surface area contributed by atoms with Gasteiger partial charge in [-0.05, 0) is 18.2 Å². The van der Waals surface area contributed by atoms with Gasteiger partial charge in [-0.25, -0.2) is 4.79 Å². The Morgan fingerprint density at radius 3 is 2.12 bits per heavy atom. The first kappa shape index (κ1) is 17.8. The Labute approximate surface area is 141 Å². The SMILES string of the molecule is CN1C(=O)C(C(=O)/C=C/Nc2ccc([N+](=O)[O-])cc2)C(=O)N(C)C1=O. The molecule has 25 heavy (non-hydrogen) atoms. The average Bonchev–Trinajstić information content (AvgIpc) is 2.59. The number of imide groups is 2. The highest BCUT2D eigenvalue weighted by Crippen LogP contribution is 2.17. The fourth-order valence-electron chi connectivity index (χ4n) is 2.15. The molecule has 0 unspecified atom stereocenters. The molecule has 1 N–H and O–H groups in total. The van der Waals surface area contributed by atoms with Crippen molar-refractivity contribution in [3.8, 4) is 0 Å². The van der Waals surface area contributed by atoms with E-state index in [1.165, 1.54) is 44.6 Å². The molecule has 0 radical (unpaired) electrons. The normalized spacial score (nSPS) is 15.8. The van der Waals surface area contributed by atoms with Crippen LogP contribution in [-0.2, 0) is 14.4 Å². The molecule has 2 rings (SSSR count). The molecule has 10 heteroatoms.